The molecule has 1 atom stereocenters. The highest BCUT2D eigenvalue weighted by Gasteiger charge is 2.31. The summed E-state index contributed by atoms with van der Waals surface area (Å²) in [4.78, 5) is 25.0. The smallest absolute Gasteiger partial charge is 0.483 e. The number of ether oxygens (including phenoxy) is 2. The number of allylic oxidation sites excluding steroid dienone is 4. The summed E-state index contributed by atoms with van der Waals surface area (Å²) in [7, 11) is 0. The number of halogens is 3. The van der Waals surface area contributed by atoms with Crippen molar-refractivity contribution in [1.82, 2.24) is 4.57 Å². The molecule has 0 fully saturated rings. The summed E-state index contributed by atoms with van der Waals surface area (Å²) in [5.74, 6) is 0.0493. The van der Waals surface area contributed by atoms with Gasteiger partial charge in [0.1, 0.15) is 11.5 Å². The minimum absolute atomic E-state index is 0.128. The van der Waals surface area contributed by atoms with E-state index < -0.39 is 12.5 Å². The van der Waals surface area contributed by atoms with Gasteiger partial charge in [-0.1, -0.05) is 57.6 Å². The van der Waals surface area contributed by atoms with Crippen LogP contribution < -0.4 is 9.47 Å². The molecule has 2 aromatic carbocycles. The van der Waals surface area contributed by atoms with E-state index in [1.165, 1.54) is 18.2 Å². The summed E-state index contributed by atoms with van der Waals surface area (Å²) in [6.45, 7) is 9.50. The number of carbonyl (C=O) groups is 2. The Labute approximate surface area is 233 Å². The van der Waals surface area contributed by atoms with E-state index in [-0.39, 0.29) is 17.6 Å². The van der Waals surface area contributed by atoms with Crippen molar-refractivity contribution in [2.75, 3.05) is 0 Å². The molecule has 214 valence electrons. The molecule has 5 nitrogen and oxygen atoms in total. The Hall–Kier alpha value is -3.81. The Morgan fingerprint density at radius 1 is 1.05 bits per heavy atom. The van der Waals surface area contributed by atoms with Crippen molar-refractivity contribution in [3.8, 4) is 11.5 Å². The molecule has 0 saturated heterocycles. The molecule has 8 heteroatoms. The molecule has 3 rings (SSSR count). The third kappa shape index (κ3) is 8.10. The van der Waals surface area contributed by atoms with Crippen LogP contribution in [0, 0.1) is 12.8 Å². The zero-order valence-corrected chi connectivity index (χ0v) is 23.5. The van der Waals surface area contributed by atoms with Crippen LogP contribution in [0.4, 0.5) is 13.2 Å². The fourth-order valence-corrected chi connectivity index (χ4v) is 4.59. The Morgan fingerprint density at radius 2 is 1.80 bits per heavy atom. The average molecular weight is 556 g/mol. The average Bonchev–Trinajstić information content (AvgIpc) is 3.14. The molecule has 0 aliphatic carbocycles. The van der Waals surface area contributed by atoms with Gasteiger partial charge in [-0.25, -0.2) is 0 Å². The maximum absolute atomic E-state index is 14.0. The normalized spacial score (nSPS) is 13.3. The molecule has 1 heterocycles. The molecule has 1 aromatic heterocycles. The van der Waals surface area contributed by atoms with Gasteiger partial charge >= 0.3 is 6.36 Å². The predicted octanol–water partition coefficient (Wildman–Crippen LogP) is 8.37. The molecule has 0 aliphatic rings. The minimum Gasteiger partial charge on any atom is -0.483 e. The van der Waals surface area contributed by atoms with Gasteiger partial charge in [0.25, 0.3) is 5.91 Å². The van der Waals surface area contributed by atoms with Crippen molar-refractivity contribution in [2.24, 2.45) is 5.92 Å². The van der Waals surface area contributed by atoms with E-state index in [0.29, 0.717) is 52.6 Å². The van der Waals surface area contributed by atoms with E-state index in [1.54, 1.807) is 36.6 Å². The number of alkyl halides is 3. The van der Waals surface area contributed by atoms with E-state index in [4.69, 9.17) is 4.74 Å². The summed E-state index contributed by atoms with van der Waals surface area (Å²) in [5, 5.41) is 0.491. The second-order valence-corrected chi connectivity index (χ2v) is 10.1. The van der Waals surface area contributed by atoms with Crippen molar-refractivity contribution in [3.63, 3.8) is 0 Å². The lowest BCUT2D eigenvalue weighted by atomic mass is 10.0. The fourth-order valence-electron chi connectivity index (χ4n) is 4.59. The molecule has 40 heavy (non-hydrogen) atoms. The lowest BCUT2D eigenvalue weighted by Gasteiger charge is -2.12. The SMILES string of the molecule is CCC/C=C\C/C(=C\C(C)C)C(=O)n1c(C)c(Cc2cccc(OC(C)C=O)c2)c2cc(OC(F)(F)F)ccc21. The van der Waals surface area contributed by atoms with E-state index in [2.05, 4.69) is 17.7 Å². The minimum atomic E-state index is -4.85. The second-order valence-electron chi connectivity index (χ2n) is 10.1. The van der Waals surface area contributed by atoms with E-state index >= 15 is 0 Å². The van der Waals surface area contributed by atoms with Gasteiger partial charge in [0.15, 0.2) is 12.4 Å². The highest BCUT2D eigenvalue weighted by molar-refractivity contribution is 6.04. The van der Waals surface area contributed by atoms with E-state index in [9.17, 15) is 22.8 Å². The maximum atomic E-state index is 14.0. The standard InChI is InChI=1S/C32H36F3NO4/c1-6-7-8-9-12-25(16-21(2)3)31(38)36-23(5)28(18-24-11-10-13-26(17-24)39-22(4)20-37)29-19-27(14-15-30(29)36)40-32(33,34)35/h8-11,13-17,19-22H,6-7,12,18H2,1-5H3/b9-8-,25-16+. The van der Waals surface area contributed by atoms with Crippen molar-refractivity contribution in [1.29, 1.82) is 0 Å². The molecule has 3 aromatic rings. The molecule has 0 radical (unpaired) electrons. The third-order valence-corrected chi connectivity index (χ3v) is 6.30. The van der Waals surface area contributed by atoms with Crippen LogP contribution in [0.2, 0.25) is 0 Å². The number of nitrogens with zero attached hydrogens (tertiary/aromatic N) is 1. The summed E-state index contributed by atoms with van der Waals surface area (Å²) >= 11 is 0. The van der Waals surface area contributed by atoms with E-state index in [0.717, 1.165) is 18.4 Å². The maximum Gasteiger partial charge on any atom is 0.573 e. The van der Waals surface area contributed by atoms with Crippen LogP contribution in [-0.2, 0) is 11.2 Å². The number of carbonyl (C=O) groups excluding carboxylic acids is 2. The number of aromatic nitrogens is 1. The molecule has 0 saturated carbocycles. The molecular weight excluding hydrogens is 519 g/mol. The van der Waals surface area contributed by atoms with Crippen LogP contribution in [0.5, 0.6) is 11.5 Å². The number of aldehydes is 1. The van der Waals surface area contributed by atoms with Gasteiger partial charge in [0.2, 0.25) is 0 Å². The molecule has 0 aliphatic heterocycles. The number of hydrogen-bond donors (Lipinski definition) is 0. The third-order valence-electron chi connectivity index (χ3n) is 6.30. The molecule has 0 N–H and O–H groups in total. The largest absolute Gasteiger partial charge is 0.573 e. The topological polar surface area (TPSA) is 57.5 Å². The van der Waals surface area contributed by atoms with Crippen LogP contribution in [0.25, 0.3) is 10.9 Å². The molecule has 0 bridgehead atoms. The summed E-state index contributed by atoms with van der Waals surface area (Å²) in [6, 6.07) is 11.2. The fraction of sp³-hybridized carbons (Fsp3) is 0.375. The Bertz CT molecular complexity index is 1400. The zero-order valence-electron chi connectivity index (χ0n) is 23.5. The van der Waals surface area contributed by atoms with Crippen LogP contribution in [0.3, 0.4) is 0 Å². The number of benzene rings is 2. The van der Waals surface area contributed by atoms with E-state index in [1.807, 2.05) is 32.1 Å². The molecule has 0 amide bonds. The van der Waals surface area contributed by atoms with Gasteiger partial charge in [-0.2, -0.15) is 0 Å². The first-order valence-corrected chi connectivity index (χ1v) is 13.4. The summed E-state index contributed by atoms with van der Waals surface area (Å²) in [6.07, 6.45) is 3.87. The number of rotatable bonds is 12. The van der Waals surface area contributed by atoms with Crippen molar-refractivity contribution >= 4 is 23.1 Å². The number of unbranched alkanes of at least 4 members (excludes halogenated alkanes) is 1. The van der Waals surface area contributed by atoms with Crippen molar-refractivity contribution < 1.29 is 32.2 Å². The lowest BCUT2D eigenvalue weighted by molar-refractivity contribution is -0.274. The van der Waals surface area contributed by atoms with Gasteiger partial charge in [0.05, 0.1) is 5.52 Å². The first-order chi connectivity index (χ1) is 18.9. The first-order valence-electron chi connectivity index (χ1n) is 13.4. The summed E-state index contributed by atoms with van der Waals surface area (Å²) in [5.41, 5.74) is 3.25. The molecular formula is C32H36F3NO4. The van der Waals surface area contributed by atoms with Crippen LogP contribution in [0.15, 0.2) is 66.3 Å². The van der Waals surface area contributed by atoms with Crippen molar-refractivity contribution in [3.05, 3.63) is 83.1 Å². The van der Waals surface area contributed by atoms with Crippen LogP contribution >= 0.6 is 0 Å². The monoisotopic (exact) mass is 555 g/mol. The van der Waals surface area contributed by atoms with Gasteiger partial charge in [-0.05, 0) is 80.5 Å². The Balaban J connectivity index is 2.14. The number of hydrogen-bond acceptors (Lipinski definition) is 4. The van der Waals surface area contributed by atoms with Crippen LogP contribution in [-0.4, -0.2) is 29.2 Å². The molecule has 1 unspecified atom stereocenters. The van der Waals surface area contributed by atoms with Gasteiger partial charge in [-0.3, -0.25) is 14.2 Å². The zero-order chi connectivity index (χ0) is 29.4. The van der Waals surface area contributed by atoms with Crippen LogP contribution in [0.1, 0.15) is 68.6 Å². The Morgan fingerprint density at radius 3 is 2.45 bits per heavy atom. The second kappa shape index (κ2) is 13.5. The van der Waals surface area contributed by atoms with Gasteiger partial charge < -0.3 is 9.47 Å². The quantitative estimate of drug-likeness (QED) is 0.128. The highest BCUT2D eigenvalue weighted by Crippen LogP contribution is 2.34. The predicted molar refractivity (Wildman–Crippen MR) is 151 cm³/mol. The van der Waals surface area contributed by atoms with Gasteiger partial charge in [-0.15, -0.1) is 13.2 Å². The molecule has 0 spiro atoms. The lowest BCUT2D eigenvalue weighted by Crippen LogP contribution is -2.17. The number of fused-ring (bicyclic) bond motifs is 1. The highest BCUT2D eigenvalue weighted by atomic mass is 19.4. The Kier molecular flexibility index (Phi) is 10.4. The summed E-state index contributed by atoms with van der Waals surface area (Å²) < 4.78 is 50.5. The van der Waals surface area contributed by atoms with Crippen molar-refractivity contribution in [2.45, 2.75) is 72.8 Å². The first kappa shape index (κ1) is 30.7. The van der Waals surface area contributed by atoms with Gasteiger partial charge in [0, 0.05) is 16.7 Å².